The number of nitrogens with two attached hydrogens (primary N) is 1. The summed E-state index contributed by atoms with van der Waals surface area (Å²) >= 11 is 0. The van der Waals surface area contributed by atoms with Gasteiger partial charge in [-0.2, -0.15) is 0 Å². The number of benzene rings is 1. The van der Waals surface area contributed by atoms with Gasteiger partial charge in [0.25, 0.3) is 0 Å². The molecule has 0 amide bonds. The molecule has 0 aliphatic heterocycles. The fourth-order valence-corrected chi connectivity index (χ4v) is 1.60. The summed E-state index contributed by atoms with van der Waals surface area (Å²) in [6.45, 7) is 1.74. The van der Waals surface area contributed by atoms with Crippen molar-refractivity contribution in [3.05, 3.63) is 51.8 Å². The van der Waals surface area contributed by atoms with Crippen molar-refractivity contribution in [3.8, 4) is 0 Å². The molecule has 7 heteroatoms. The van der Waals surface area contributed by atoms with Gasteiger partial charge in [0.1, 0.15) is 11.6 Å². The predicted molar refractivity (Wildman–Crippen MR) is 69.7 cm³/mol. The van der Waals surface area contributed by atoms with Gasteiger partial charge in [-0.1, -0.05) is 0 Å². The Morgan fingerprint density at radius 1 is 1.37 bits per heavy atom. The van der Waals surface area contributed by atoms with E-state index in [0.29, 0.717) is 17.1 Å². The summed E-state index contributed by atoms with van der Waals surface area (Å²) in [5.41, 5.74) is 6.58. The SMILES string of the molecule is Cc1cc(F)ccc1Nc1ccc([N+](=O)[O-])c(N)n1. The van der Waals surface area contributed by atoms with Crippen molar-refractivity contribution >= 4 is 23.0 Å². The van der Waals surface area contributed by atoms with Crippen LogP contribution in [0.5, 0.6) is 0 Å². The molecule has 19 heavy (non-hydrogen) atoms. The number of nitrogen functional groups attached to an aromatic ring is 1. The van der Waals surface area contributed by atoms with Crippen LogP contribution in [0.15, 0.2) is 30.3 Å². The molecule has 0 aliphatic carbocycles. The van der Waals surface area contributed by atoms with Gasteiger partial charge < -0.3 is 11.1 Å². The number of hydrogen-bond donors (Lipinski definition) is 2. The van der Waals surface area contributed by atoms with Crippen molar-refractivity contribution in [2.45, 2.75) is 6.92 Å². The van der Waals surface area contributed by atoms with E-state index in [4.69, 9.17) is 5.73 Å². The fraction of sp³-hybridized carbons (Fsp3) is 0.0833. The van der Waals surface area contributed by atoms with Crippen LogP contribution in [0.3, 0.4) is 0 Å². The lowest BCUT2D eigenvalue weighted by molar-refractivity contribution is -0.384. The molecular formula is C12H11FN4O2. The smallest absolute Gasteiger partial charge is 0.311 e. The van der Waals surface area contributed by atoms with Crippen LogP contribution in [-0.4, -0.2) is 9.91 Å². The number of hydrogen-bond acceptors (Lipinski definition) is 5. The Hall–Kier alpha value is -2.70. The van der Waals surface area contributed by atoms with Crippen molar-refractivity contribution in [1.29, 1.82) is 0 Å². The van der Waals surface area contributed by atoms with Crippen LogP contribution in [0.1, 0.15) is 5.56 Å². The third kappa shape index (κ3) is 2.76. The molecule has 2 aromatic rings. The summed E-state index contributed by atoms with van der Waals surface area (Å²) in [5.74, 6) is -0.146. The second kappa shape index (κ2) is 4.89. The van der Waals surface area contributed by atoms with Gasteiger partial charge in [-0.05, 0) is 36.8 Å². The number of nitrogens with one attached hydrogen (secondary N) is 1. The highest BCUT2D eigenvalue weighted by Crippen LogP contribution is 2.24. The van der Waals surface area contributed by atoms with E-state index in [-0.39, 0.29) is 17.3 Å². The normalized spacial score (nSPS) is 10.2. The molecule has 0 atom stereocenters. The maximum atomic E-state index is 13.0. The first-order valence-electron chi connectivity index (χ1n) is 5.41. The Kier molecular flexibility index (Phi) is 3.28. The van der Waals surface area contributed by atoms with Crippen molar-refractivity contribution in [2.75, 3.05) is 11.1 Å². The zero-order chi connectivity index (χ0) is 14.0. The maximum absolute atomic E-state index is 13.0. The van der Waals surface area contributed by atoms with E-state index in [1.165, 1.54) is 24.3 Å². The van der Waals surface area contributed by atoms with Crippen molar-refractivity contribution < 1.29 is 9.31 Å². The van der Waals surface area contributed by atoms with Gasteiger partial charge in [-0.3, -0.25) is 10.1 Å². The van der Waals surface area contributed by atoms with Gasteiger partial charge in [0.05, 0.1) is 4.92 Å². The van der Waals surface area contributed by atoms with Crippen LogP contribution in [0.25, 0.3) is 0 Å². The largest absolute Gasteiger partial charge is 0.378 e. The second-order valence-corrected chi connectivity index (χ2v) is 3.94. The van der Waals surface area contributed by atoms with Gasteiger partial charge in [0.2, 0.25) is 5.82 Å². The molecule has 0 saturated carbocycles. The quantitative estimate of drug-likeness (QED) is 0.655. The molecule has 0 radical (unpaired) electrons. The minimum atomic E-state index is -0.602. The van der Waals surface area contributed by atoms with Crippen LogP contribution >= 0.6 is 0 Å². The molecule has 0 fully saturated rings. The fourth-order valence-electron chi connectivity index (χ4n) is 1.60. The zero-order valence-corrected chi connectivity index (χ0v) is 10.1. The highest BCUT2D eigenvalue weighted by molar-refractivity contribution is 5.64. The molecular weight excluding hydrogens is 251 g/mol. The number of pyridine rings is 1. The van der Waals surface area contributed by atoms with Gasteiger partial charge >= 0.3 is 5.69 Å². The van der Waals surface area contributed by atoms with Gasteiger partial charge in [0.15, 0.2) is 0 Å². The Labute approximate surface area is 108 Å². The maximum Gasteiger partial charge on any atom is 0.311 e. The number of nitro groups is 1. The zero-order valence-electron chi connectivity index (χ0n) is 10.1. The minimum Gasteiger partial charge on any atom is -0.378 e. The lowest BCUT2D eigenvalue weighted by Crippen LogP contribution is -2.02. The van der Waals surface area contributed by atoms with E-state index < -0.39 is 4.92 Å². The molecule has 0 spiro atoms. The highest BCUT2D eigenvalue weighted by Gasteiger charge is 2.13. The first-order valence-corrected chi connectivity index (χ1v) is 5.41. The summed E-state index contributed by atoms with van der Waals surface area (Å²) in [4.78, 5) is 13.9. The number of anilines is 3. The summed E-state index contributed by atoms with van der Waals surface area (Å²) in [6.07, 6.45) is 0. The number of halogens is 1. The first-order chi connectivity index (χ1) is 8.97. The Morgan fingerprint density at radius 3 is 2.68 bits per heavy atom. The molecule has 1 heterocycles. The molecule has 1 aromatic carbocycles. The molecule has 0 aliphatic rings. The molecule has 6 nitrogen and oxygen atoms in total. The van der Waals surface area contributed by atoms with Crippen molar-refractivity contribution in [2.24, 2.45) is 0 Å². The van der Waals surface area contributed by atoms with Gasteiger partial charge in [-0.25, -0.2) is 9.37 Å². The summed E-state index contributed by atoms with van der Waals surface area (Å²) < 4.78 is 13.0. The van der Waals surface area contributed by atoms with E-state index >= 15 is 0 Å². The molecule has 2 rings (SSSR count). The Morgan fingerprint density at radius 2 is 2.11 bits per heavy atom. The van der Waals surface area contributed by atoms with Crippen LogP contribution in [0.2, 0.25) is 0 Å². The van der Waals surface area contributed by atoms with E-state index in [9.17, 15) is 14.5 Å². The topological polar surface area (TPSA) is 94.1 Å². The average Bonchev–Trinajstić information content (AvgIpc) is 2.32. The lowest BCUT2D eigenvalue weighted by atomic mass is 10.2. The second-order valence-electron chi connectivity index (χ2n) is 3.94. The van der Waals surface area contributed by atoms with Crippen LogP contribution < -0.4 is 11.1 Å². The summed E-state index contributed by atoms with van der Waals surface area (Å²) in [7, 11) is 0. The number of aromatic nitrogens is 1. The molecule has 0 unspecified atom stereocenters. The van der Waals surface area contributed by atoms with E-state index in [1.807, 2.05) is 0 Å². The van der Waals surface area contributed by atoms with Crippen LogP contribution in [0.4, 0.5) is 27.4 Å². The average molecular weight is 262 g/mol. The number of nitrogens with zero attached hydrogens (tertiary/aromatic N) is 2. The van der Waals surface area contributed by atoms with Gasteiger partial charge in [-0.15, -0.1) is 0 Å². The number of aryl methyl sites for hydroxylation is 1. The standard InChI is InChI=1S/C12H11FN4O2/c1-7-6-8(13)2-3-9(7)15-11-5-4-10(17(18)19)12(14)16-11/h2-6H,1H3,(H3,14,15,16). The summed E-state index contributed by atoms with van der Waals surface area (Å²) in [6, 6.07) is 6.95. The van der Waals surface area contributed by atoms with Crippen LogP contribution in [0, 0.1) is 22.9 Å². The van der Waals surface area contributed by atoms with Crippen LogP contribution in [-0.2, 0) is 0 Å². The van der Waals surface area contributed by atoms with Gasteiger partial charge in [0, 0.05) is 11.8 Å². The minimum absolute atomic E-state index is 0.172. The van der Waals surface area contributed by atoms with E-state index in [1.54, 1.807) is 13.0 Å². The van der Waals surface area contributed by atoms with Crippen molar-refractivity contribution in [1.82, 2.24) is 4.98 Å². The summed E-state index contributed by atoms with van der Waals surface area (Å²) in [5, 5.41) is 13.5. The third-order valence-electron chi connectivity index (χ3n) is 2.55. The van der Waals surface area contributed by atoms with Crippen molar-refractivity contribution in [3.63, 3.8) is 0 Å². The third-order valence-corrected chi connectivity index (χ3v) is 2.55. The molecule has 1 aromatic heterocycles. The van der Waals surface area contributed by atoms with E-state index in [2.05, 4.69) is 10.3 Å². The number of rotatable bonds is 3. The Bertz CT molecular complexity index is 646. The molecule has 3 N–H and O–H groups in total. The molecule has 0 bridgehead atoms. The lowest BCUT2D eigenvalue weighted by Gasteiger charge is -2.09. The Balaban J connectivity index is 2.29. The molecule has 0 saturated heterocycles. The predicted octanol–water partition coefficient (Wildman–Crippen LogP) is 2.76. The van der Waals surface area contributed by atoms with E-state index in [0.717, 1.165) is 0 Å². The first kappa shape index (κ1) is 12.7. The molecule has 98 valence electrons. The highest BCUT2D eigenvalue weighted by atomic mass is 19.1. The monoisotopic (exact) mass is 262 g/mol.